The van der Waals surface area contributed by atoms with E-state index in [1.165, 1.54) is 5.56 Å². The van der Waals surface area contributed by atoms with Gasteiger partial charge in [0.1, 0.15) is 0 Å². The first-order chi connectivity index (χ1) is 3.79. The van der Waals surface area contributed by atoms with Crippen molar-refractivity contribution in [2.45, 2.75) is 11.8 Å². The van der Waals surface area contributed by atoms with Crippen molar-refractivity contribution in [1.29, 1.82) is 0 Å². The first-order valence-electron chi connectivity index (χ1n) is 2.53. The Kier molecular flexibility index (Phi) is 5.40. The third kappa shape index (κ3) is 3.70. The van der Waals surface area contributed by atoms with Gasteiger partial charge in [0.15, 0.2) is 0 Å². The quantitative estimate of drug-likeness (QED) is 0.345. The first kappa shape index (κ1) is 10.1. The molecule has 9 heavy (non-hydrogen) atoms. The summed E-state index contributed by atoms with van der Waals surface area (Å²) in [4.78, 5) is 0.913. The zero-order valence-corrected chi connectivity index (χ0v) is 9.66. The van der Waals surface area contributed by atoms with E-state index in [0.29, 0.717) is 0 Å². The summed E-state index contributed by atoms with van der Waals surface area (Å²) >= 11 is 4.87. The van der Waals surface area contributed by atoms with Gasteiger partial charge in [-0.1, -0.05) is 29.8 Å². The smallest absolute Gasteiger partial charge is 0.780 e. The predicted molar refractivity (Wildman–Crippen MR) is 36.8 cm³/mol. The molecule has 0 aliphatic carbocycles. The van der Waals surface area contributed by atoms with E-state index >= 15 is 0 Å². The van der Waals surface area contributed by atoms with Crippen LogP contribution in [0, 0.1) is 6.92 Å². The molecule has 1 rings (SSSR count). The minimum atomic E-state index is 0. The van der Waals surface area contributed by atoms with Gasteiger partial charge in [0.05, 0.1) is 0 Å². The van der Waals surface area contributed by atoms with Crippen molar-refractivity contribution in [2.75, 3.05) is 0 Å². The van der Waals surface area contributed by atoms with Crippen LogP contribution in [0.25, 0.3) is 0 Å². The summed E-state index contributed by atoms with van der Waals surface area (Å²) in [7, 11) is 0. The molecule has 0 N–H and O–H groups in total. The summed E-state index contributed by atoms with van der Waals surface area (Å²) in [6.07, 6.45) is 0. The zero-order valence-electron chi connectivity index (χ0n) is 5.72. The molecule has 1 aromatic rings. The van der Waals surface area contributed by atoms with Crippen LogP contribution in [0.4, 0.5) is 0 Å². The average molecular weight is 162 g/mol. The fourth-order valence-corrected chi connectivity index (χ4v) is 0.674. The van der Waals surface area contributed by atoms with E-state index < -0.39 is 0 Å². The second-order valence-electron chi connectivity index (χ2n) is 1.81. The van der Waals surface area contributed by atoms with E-state index in [0.717, 1.165) is 4.90 Å². The number of benzene rings is 1. The molecule has 0 saturated heterocycles. The molecule has 0 aromatic heterocycles. The summed E-state index contributed by atoms with van der Waals surface area (Å²) in [6.45, 7) is 2.05. The Bertz CT molecular complexity index is 148. The molecule has 0 atom stereocenters. The maximum absolute atomic E-state index is 4.87. The van der Waals surface area contributed by atoms with Crippen LogP contribution in [-0.2, 0) is 12.6 Å². The second-order valence-corrected chi connectivity index (χ2v) is 2.28. The Balaban J connectivity index is 0.000000640. The second kappa shape index (κ2) is 4.83. The molecule has 0 heterocycles. The van der Waals surface area contributed by atoms with Gasteiger partial charge < -0.3 is 12.6 Å². The predicted octanol–water partition coefficient (Wildman–Crippen LogP) is -1.10. The van der Waals surface area contributed by atoms with Crippen molar-refractivity contribution in [1.82, 2.24) is 0 Å². The fourth-order valence-electron chi connectivity index (χ4n) is 0.538. The third-order valence-corrected chi connectivity index (χ3v) is 1.29. The van der Waals surface area contributed by atoms with Crippen LogP contribution in [0.3, 0.4) is 0 Å². The van der Waals surface area contributed by atoms with Crippen molar-refractivity contribution in [2.24, 2.45) is 0 Å². The van der Waals surface area contributed by atoms with E-state index in [1.807, 2.05) is 24.3 Å². The van der Waals surface area contributed by atoms with Gasteiger partial charge in [-0.2, -0.15) is 4.90 Å². The Hall–Kier alpha value is 1.08. The van der Waals surface area contributed by atoms with E-state index in [-0.39, 0.29) is 51.4 Å². The van der Waals surface area contributed by atoms with Crippen LogP contribution in [0.2, 0.25) is 0 Å². The molecule has 42 valence electrons. The van der Waals surface area contributed by atoms with Crippen molar-refractivity contribution in [3.05, 3.63) is 29.8 Å². The fraction of sp³-hybridized carbons (Fsp3) is 0.143. The SMILES string of the molecule is Cc1ccc([S-])cc1.[K+]. The molecule has 0 nitrogen and oxygen atoms in total. The largest absolute Gasteiger partial charge is 1.00 e. The van der Waals surface area contributed by atoms with Crippen LogP contribution < -0.4 is 51.4 Å². The van der Waals surface area contributed by atoms with Gasteiger partial charge in [0.2, 0.25) is 0 Å². The minimum absolute atomic E-state index is 0. The maximum atomic E-state index is 4.87. The summed E-state index contributed by atoms with van der Waals surface area (Å²) in [5.74, 6) is 0. The van der Waals surface area contributed by atoms with E-state index in [4.69, 9.17) is 12.6 Å². The number of rotatable bonds is 0. The maximum Gasteiger partial charge on any atom is 1.00 e. The average Bonchev–Trinajstić information content (AvgIpc) is 1.77. The first-order valence-corrected chi connectivity index (χ1v) is 2.93. The van der Waals surface area contributed by atoms with Crippen LogP contribution in [0.1, 0.15) is 5.56 Å². The van der Waals surface area contributed by atoms with Crippen molar-refractivity contribution in [3.63, 3.8) is 0 Å². The van der Waals surface area contributed by atoms with Crippen LogP contribution in [0.5, 0.6) is 0 Å². The summed E-state index contributed by atoms with van der Waals surface area (Å²) in [5, 5.41) is 0. The molecule has 0 aliphatic rings. The molecule has 0 saturated carbocycles. The van der Waals surface area contributed by atoms with Gasteiger partial charge in [0, 0.05) is 0 Å². The molecule has 1 aromatic carbocycles. The van der Waals surface area contributed by atoms with Crippen molar-refractivity contribution >= 4 is 12.6 Å². The molecule has 0 aliphatic heterocycles. The van der Waals surface area contributed by atoms with Gasteiger partial charge in [-0.25, -0.2) is 0 Å². The number of hydrogen-bond donors (Lipinski definition) is 0. The number of aryl methyl sites for hydroxylation is 1. The van der Waals surface area contributed by atoms with Gasteiger partial charge in [0.25, 0.3) is 0 Å². The molecule has 0 unspecified atom stereocenters. The minimum Gasteiger partial charge on any atom is -0.780 e. The third-order valence-electron chi connectivity index (χ3n) is 1.02. The van der Waals surface area contributed by atoms with E-state index in [2.05, 4.69) is 6.92 Å². The standard InChI is InChI=1S/C7H8S.K/c1-6-2-4-7(8)5-3-6;/h2-5,8H,1H3;/q;+1/p-1. The molecule has 0 radical (unpaired) electrons. The van der Waals surface area contributed by atoms with Gasteiger partial charge in [-0.05, 0) is 6.92 Å². The zero-order chi connectivity index (χ0) is 5.98. The van der Waals surface area contributed by atoms with Crippen LogP contribution in [0.15, 0.2) is 29.2 Å². The van der Waals surface area contributed by atoms with Crippen LogP contribution in [-0.4, -0.2) is 0 Å². The Morgan fingerprint density at radius 3 is 1.89 bits per heavy atom. The van der Waals surface area contributed by atoms with Gasteiger partial charge in [-0.15, -0.1) is 0 Å². The summed E-state index contributed by atoms with van der Waals surface area (Å²) in [6, 6.07) is 7.90. The molecule has 0 bridgehead atoms. The Morgan fingerprint density at radius 1 is 1.11 bits per heavy atom. The van der Waals surface area contributed by atoms with Gasteiger partial charge in [-0.3, -0.25) is 0 Å². The molecular formula is C7H7KS. The monoisotopic (exact) mass is 162 g/mol. The van der Waals surface area contributed by atoms with Crippen LogP contribution >= 0.6 is 0 Å². The topological polar surface area (TPSA) is 0 Å². The molecule has 0 spiro atoms. The molecular weight excluding hydrogens is 155 g/mol. The van der Waals surface area contributed by atoms with Crippen molar-refractivity contribution in [3.8, 4) is 0 Å². The molecule has 0 amide bonds. The molecule has 0 fully saturated rings. The van der Waals surface area contributed by atoms with E-state index in [1.54, 1.807) is 0 Å². The normalized spacial score (nSPS) is 8.11. The van der Waals surface area contributed by atoms with Gasteiger partial charge >= 0.3 is 51.4 Å². The summed E-state index contributed by atoms with van der Waals surface area (Å²) < 4.78 is 0. The van der Waals surface area contributed by atoms with Crippen molar-refractivity contribution < 1.29 is 51.4 Å². The Morgan fingerprint density at radius 2 is 1.56 bits per heavy atom. The summed E-state index contributed by atoms with van der Waals surface area (Å²) in [5.41, 5.74) is 1.26. The Labute approximate surface area is 104 Å². The van der Waals surface area contributed by atoms with E-state index in [9.17, 15) is 0 Å². The molecule has 2 heteroatoms. The number of hydrogen-bond acceptors (Lipinski definition) is 1.